The van der Waals surface area contributed by atoms with Gasteiger partial charge in [-0.2, -0.15) is 0 Å². The molecule has 0 aromatic heterocycles. The molecular weight excluding hydrogens is 292 g/mol. The van der Waals surface area contributed by atoms with Gasteiger partial charge in [-0.15, -0.1) is 0 Å². The highest BCUT2D eigenvalue weighted by molar-refractivity contribution is 5.80. The molecule has 0 aliphatic heterocycles. The largest absolute Gasteiger partial charge is 0.493 e. The van der Waals surface area contributed by atoms with Crippen molar-refractivity contribution >= 4 is 5.91 Å². The Bertz CT molecular complexity index is 561. The van der Waals surface area contributed by atoms with Crippen LogP contribution in [0.15, 0.2) is 24.3 Å². The Morgan fingerprint density at radius 1 is 1.30 bits per heavy atom. The number of carbonyl (C=O) groups is 1. The smallest absolute Gasteiger partial charge is 0.225 e. The predicted molar refractivity (Wildman–Crippen MR) is 88.4 cm³/mol. The van der Waals surface area contributed by atoms with E-state index in [4.69, 9.17) is 15.2 Å². The highest BCUT2D eigenvalue weighted by atomic mass is 16.5. The summed E-state index contributed by atoms with van der Waals surface area (Å²) in [7, 11) is 1.62. The number of hydrogen-bond donors (Lipinski definition) is 2. The average molecular weight is 318 g/mol. The number of benzene rings is 1. The number of para-hydroxylation sites is 2. The molecule has 2 aliphatic rings. The molecule has 3 rings (SSSR count). The molecule has 23 heavy (non-hydrogen) atoms. The molecule has 2 bridgehead atoms. The van der Waals surface area contributed by atoms with Gasteiger partial charge in [-0.3, -0.25) is 4.79 Å². The van der Waals surface area contributed by atoms with E-state index in [1.807, 2.05) is 31.2 Å². The zero-order valence-corrected chi connectivity index (χ0v) is 13.8. The Hall–Kier alpha value is -1.75. The first-order valence-electron chi connectivity index (χ1n) is 8.43. The second-order valence-corrected chi connectivity index (χ2v) is 6.76. The molecule has 1 amide bonds. The molecule has 5 atom stereocenters. The lowest BCUT2D eigenvalue weighted by Gasteiger charge is -2.27. The fourth-order valence-corrected chi connectivity index (χ4v) is 4.06. The van der Waals surface area contributed by atoms with Crippen LogP contribution in [0.5, 0.6) is 11.5 Å². The summed E-state index contributed by atoms with van der Waals surface area (Å²) >= 11 is 0. The maximum Gasteiger partial charge on any atom is 0.225 e. The monoisotopic (exact) mass is 318 g/mol. The first kappa shape index (κ1) is 16.1. The van der Waals surface area contributed by atoms with Crippen LogP contribution in [0, 0.1) is 17.8 Å². The lowest BCUT2D eigenvalue weighted by atomic mass is 9.84. The van der Waals surface area contributed by atoms with E-state index in [1.165, 1.54) is 6.42 Å². The van der Waals surface area contributed by atoms with Crippen LogP contribution >= 0.6 is 0 Å². The minimum absolute atomic E-state index is 0.0211. The van der Waals surface area contributed by atoms with E-state index >= 15 is 0 Å². The summed E-state index contributed by atoms with van der Waals surface area (Å²) in [6.07, 6.45) is 3.31. The van der Waals surface area contributed by atoms with E-state index in [0.29, 0.717) is 29.9 Å². The van der Waals surface area contributed by atoms with Crippen LogP contribution in [-0.2, 0) is 4.79 Å². The Balaban J connectivity index is 1.51. The van der Waals surface area contributed by atoms with Crippen molar-refractivity contribution in [1.82, 2.24) is 5.32 Å². The van der Waals surface area contributed by atoms with Crippen LogP contribution in [0.4, 0.5) is 0 Å². The topological polar surface area (TPSA) is 73.6 Å². The Labute approximate surface area is 137 Å². The van der Waals surface area contributed by atoms with Gasteiger partial charge in [0.1, 0.15) is 6.10 Å². The van der Waals surface area contributed by atoms with Gasteiger partial charge in [-0.05, 0) is 50.2 Å². The van der Waals surface area contributed by atoms with Crippen molar-refractivity contribution < 1.29 is 14.3 Å². The van der Waals surface area contributed by atoms with E-state index in [9.17, 15) is 4.79 Å². The molecule has 0 spiro atoms. The summed E-state index contributed by atoms with van der Waals surface area (Å²) in [6, 6.07) is 7.54. The van der Waals surface area contributed by atoms with Gasteiger partial charge in [-0.1, -0.05) is 12.1 Å². The van der Waals surface area contributed by atoms with Crippen molar-refractivity contribution in [2.24, 2.45) is 23.5 Å². The van der Waals surface area contributed by atoms with Crippen molar-refractivity contribution in [3.8, 4) is 11.5 Å². The van der Waals surface area contributed by atoms with Crippen LogP contribution in [0.3, 0.4) is 0 Å². The van der Waals surface area contributed by atoms with Crippen LogP contribution in [0.2, 0.25) is 0 Å². The third kappa shape index (κ3) is 3.29. The van der Waals surface area contributed by atoms with Gasteiger partial charge in [0.15, 0.2) is 11.5 Å². The van der Waals surface area contributed by atoms with E-state index in [2.05, 4.69) is 5.32 Å². The number of methoxy groups -OCH3 is 1. The highest BCUT2D eigenvalue weighted by Gasteiger charge is 2.48. The molecule has 1 aromatic rings. The van der Waals surface area contributed by atoms with Crippen LogP contribution in [-0.4, -0.2) is 31.7 Å². The molecule has 3 N–H and O–H groups in total. The number of fused-ring (bicyclic) bond motifs is 2. The number of ether oxygens (including phenoxy) is 2. The Morgan fingerprint density at radius 2 is 2.00 bits per heavy atom. The van der Waals surface area contributed by atoms with Crippen molar-refractivity contribution in [2.45, 2.75) is 38.3 Å². The number of nitrogens with two attached hydrogens (primary N) is 1. The van der Waals surface area contributed by atoms with Crippen molar-refractivity contribution in [3.63, 3.8) is 0 Å². The quantitative estimate of drug-likeness (QED) is 0.841. The molecule has 5 nitrogen and oxygen atoms in total. The first-order valence-corrected chi connectivity index (χ1v) is 8.43. The normalized spacial score (nSPS) is 30.0. The molecule has 0 heterocycles. The molecule has 2 saturated carbocycles. The van der Waals surface area contributed by atoms with Gasteiger partial charge in [0, 0.05) is 6.04 Å². The fourth-order valence-electron chi connectivity index (χ4n) is 4.06. The van der Waals surface area contributed by atoms with Gasteiger partial charge < -0.3 is 20.5 Å². The Morgan fingerprint density at radius 3 is 2.65 bits per heavy atom. The zero-order chi connectivity index (χ0) is 16.4. The van der Waals surface area contributed by atoms with Gasteiger partial charge >= 0.3 is 0 Å². The fraction of sp³-hybridized carbons (Fsp3) is 0.611. The molecule has 1 aromatic carbocycles. The third-order valence-corrected chi connectivity index (χ3v) is 5.24. The third-order valence-electron chi connectivity index (χ3n) is 5.24. The van der Waals surface area contributed by atoms with Crippen LogP contribution in [0.25, 0.3) is 0 Å². The van der Waals surface area contributed by atoms with Crippen molar-refractivity contribution in [2.75, 3.05) is 13.7 Å². The zero-order valence-electron chi connectivity index (χ0n) is 13.8. The second kappa shape index (κ2) is 6.79. The number of nitrogens with one attached hydrogen (secondary N) is 1. The second-order valence-electron chi connectivity index (χ2n) is 6.76. The van der Waals surface area contributed by atoms with E-state index in [-0.39, 0.29) is 24.0 Å². The van der Waals surface area contributed by atoms with Gasteiger partial charge in [0.05, 0.1) is 19.6 Å². The number of hydrogen-bond acceptors (Lipinski definition) is 4. The summed E-state index contributed by atoms with van der Waals surface area (Å²) in [5, 5.41) is 3.01. The Kier molecular flexibility index (Phi) is 4.76. The lowest BCUT2D eigenvalue weighted by Crippen LogP contribution is -2.47. The molecule has 5 heteroatoms. The van der Waals surface area contributed by atoms with E-state index in [0.717, 1.165) is 12.8 Å². The summed E-state index contributed by atoms with van der Waals surface area (Å²) in [5.74, 6) is 2.46. The maximum atomic E-state index is 12.5. The maximum absolute atomic E-state index is 12.5. The van der Waals surface area contributed by atoms with Crippen molar-refractivity contribution in [1.29, 1.82) is 0 Å². The predicted octanol–water partition coefficient (Wildman–Crippen LogP) is 1.95. The minimum Gasteiger partial charge on any atom is -0.493 e. The molecule has 2 aliphatic carbocycles. The summed E-state index contributed by atoms with van der Waals surface area (Å²) < 4.78 is 11.1. The first-order chi connectivity index (χ1) is 11.1. The average Bonchev–Trinajstić information content (AvgIpc) is 3.14. The molecular formula is C18H26N2O3. The molecule has 2 fully saturated rings. The lowest BCUT2D eigenvalue weighted by molar-refractivity contribution is -0.127. The molecule has 0 radical (unpaired) electrons. The SMILES string of the molecule is COc1ccccc1OC(C)CNC(=O)C1C2CCC(C2)C1N. The minimum atomic E-state index is -0.134. The van der Waals surface area contributed by atoms with Crippen molar-refractivity contribution in [3.05, 3.63) is 24.3 Å². The standard InChI is InChI=1S/C18H26N2O3/c1-11(23-15-6-4-3-5-14(15)22-2)10-20-18(21)16-12-7-8-13(9-12)17(16)19/h3-6,11-13,16-17H,7-10,19H2,1-2H3,(H,20,21). The summed E-state index contributed by atoms with van der Waals surface area (Å²) in [6.45, 7) is 2.41. The molecule has 126 valence electrons. The van der Waals surface area contributed by atoms with E-state index in [1.54, 1.807) is 7.11 Å². The molecule has 5 unspecified atom stereocenters. The number of rotatable bonds is 6. The van der Waals surface area contributed by atoms with Crippen LogP contribution < -0.4 is 20.5 Å². The summed E-state index contributed by atoms with van der Waals surface area (Å²) in [4.78, 5) is 12.5. The van der Waals surface area contributed by atoms with Gasteiger partial charge in [-0.25, -0.2) is 0 Å². The van der Waals surface area contributed by atoms with Gasteiger partial charge in [0.25, 0.3) is 0 Å². The molecule has 0 saturated heterocycles. The number of amides is 1. The summed E-state index contributed by atoms with van der Waals surface area (Å²) in [5.41, 5.74) is 6.22. The van der Waals surface area contributed by atoms with Crippen LogP contribution in [0.1, 0.15) is 26.2 Å². The highest BCUT2D eigenvalue weighted by Crippen LogP contribution is 2.47. The number of carbonyl (C=O) groups excluding carboxylic acids is 1. The van der Waals surface area contributed by atoms with E-state index < -0.39 is 0 Å². The van der Waals surface area contributed by atoms with Gasteiger partial charge in [0.2, 0.25) is 5.91 Å².